The first-order valence-corrected chi connectivity index (χ1v) is 4.51. The van der Waals surface area contributed by atoms with Gasteiger partial charge in [-0.05, 0) is 12.1 Å². The summed E-state index contributed by atoms with van der Waals surface area (Å²) in [6, 6.07) is 3.51. The third-order valence-electron chi connectivity index (χ3n) is 2.33. The van der Waals surface area contributed by atoms with Crippen molar-refractivity contribution in [1.82, 2.24) is 4.98 Å². The van der Waals surface area contributed by atoms with Crippen molar-refractivity contribution in [3.63, 3.8) is 0 Å². The lowest BCUT2D eigenvalue weighted by molar-refractivity contribution is -0.137. The minimum absolute atomic E-state index is 0.158. The molecule has 0 aliphatic rings. The molecule has 0 spiro atoms. The van der Waals surface area contributed by atoms with Crippen molar-refractivity contribution < 1.29 is 18.0 Å². The number of rotatable bonds is 2. The number of nitrogens with one attached hydrogen (secondary N) is 1. The van der Waals surface area contributed by atoms with E-state index in [0.29, 0.717) is 10.9 Å². The Balaban J connectivity index is 2.49. The van der Waals surface area contributed by atoms with Gasteiger partial charge in [-0.25, -0.2) is 5.90 Å². The molecule has 16 heavy (non-hydrogen) atoms. The highest BCUT2D eigenvalue weighted by Crippen LogP contribution is 2.31. The molecule has 2 aromatic rings. The van der Waals surface area contributed by atoms with E-state index in [1.165, 1.54) is 6.07 Å². The Hall–Kier alpha value is -1.53. The molecule has 0 aliphatic carbocycles. The van der Waals surface area contributed by atoms with Crippen LogP contribution >= 0.6 is 0 Å². The molecule has 6 heteroatoms. The van der Waals surface area contributed by atoms with E-state index < -0.39 is 11.7 Å². The summed E-state index contributed by atoms with van der Waals surface area (Å²) in [5.41, 5.74) is 0.468. The second kappa shape index (κ2) is 3.80. The zero-order chi connectivity index (χ0) is 11.8. The van der Waals surface area contributed by atoms with Crippen LogP contribution in [-0.4, -0.2) is 4.98 Å². The molecule has 0 bridgehead atoms. The van der Waals surface area contributed by atoms with E-state index in [9.17, 15) is 13.2 Å². The van der Waals surface area contributed by atoms with E-state index in [0.717, 1.165) is 17.7 Å². The largest absolute Gasteiger partial charge is 0.416 e. The fraction of sp³-hybridized carbons (Fsp3) is 0.200. The lowest BCUT2D eigenvalue weighted by atomic mass is 10.1. The molecule has 0 unspecified atom stereocenters. The van der Waals surface area contributed by atoms with E-state index in [1.807, 2.05) is 0 Å². The maximum Gasteiger partial charge on any atom is 0.416 e. The highest BCUT2D eigenvalue weighted by atomic mass is 19.4. The number of hydrogen-bond acceptors (Lipinski definition) is 2. The first kappa shape index (κ1) is 11.0. The van der Waals surface area contributed by atoms with Gasteiger partial charge in [0.2, 0.25) is 0 Å². The fourth-order valence-electron chi connectivity index (χ4n) is 1.57. The van der Waals surface area contributed by atoms with Gasteiger partial charge in [-0.1, -0.05) is 6.07 Å². The normalized spacial score (nSPS) is 12.2. The van der Waals surface area contributed by atoms with Crippen molar-refractivity contribution in [2.75, 3.05) is 0 Å². The summed E-state index contributed by atoms with van der Waals surface area (Å²) in [6.07, 6.45) is -2.75. The molecule has 3 nitrogen and oxygen atoms in total. The summed E-state index contributed by atoms with van der Waals surface area (Å²) in [7, 11) is 0. The van der Waals surface area contributed by atoms with Crippen LogP contribution in [0.25, 0.3) is 10.9 Å². The summed E-state index contributed by atoms with van der Waals surface area (Å²) < 4.78 is 37.2. The first-order valence-electron chi connectivity index (χ1n) is 4.51. The van der Waals surface area contributed by atoms with Crippen molar-refractivity contribution in [3.05, 3.63) is 35.5 Å². The third-order valence-corrected chi connectivity index (χ3v) is 2.33. The maximum atomic E-state index is 12.4. The molecule has 0 saturated carbocycles. The quantitative estimate of drug-likeness (QED) is 0.779. The van der Waals surface area contributed by atoms with Crippen molar-refractivity contribution in [3.8, 4) is 0 Å². The number of nitrogens with two attached hydrogens (primary N) is 1. The lowest BCUT2D eigenvalue weighted by Crippen LogP contribution is -2.04. The number of fused-ring (bicyclic) bond motifs is 1. The van der Waals surface area contributed by atoms with Gasteiger partial charge >= 0.3 is 6.18 Å². The van der Waals surface area contributed by atoms with E-state index in [2.05, 4.69) is 9.82 Å². The fourth-order valence-corrected chi connectivity index (χ4v) is 1.57. The average Bonchev–Trinajstić information content (AvgIpc) is 2.60. The molecular weight excluding hydrogens is 221 g/mol. The summed E-state index contributed by atoms with van der Waals surface area (Å²) >= 11 is 0. The predicted molar refractivity (Wildman–Crippen MR) is 52.3 cm³/mol. The van der Waals surface area contributed by atoms with Gasteiger partial charge in [0.25, 0.3) is 0 Å². The highest BCUT2D eigenvalue weighted by molar-refractivity contribution is 5.83. The minimum Gasteiger partial charge on any atom is -0.361 e. The van der Waals surface area contributed by atoms with Crippen LogP contribution in [0, 0.1) is 0 Å². The topological polar surface area (TPSA) is 51.0 Å². The zero-order valence-corrected chi connectivity index (χ0v) is 8.14. The Labute approximate surface area is 89.0 Å². The Morgan fingerprint density at radius 1 is 1.31 bits per heavy atom. The van der Waals surface area contributed by atoms with E-state index in [-0.39, 0.29) is 6.61 Å². The Bertz CT molecular complexity index is 504. The number of hydrogen-bond donors (Lipinski definition) is 2. The van der Waals surface area contributed by atoms with Crippen LogP contribution < -0.4 is 5.90 Å². The number of H-pyrrole nitrogens is 1. The lowest BCUT2D eigenvalue weighted by Gasteiger charge is -2.06. The second-order valence-corrected chi connectivity index (χ2v) is 3.38. The maximum absolute atomic E-state index is 12.4. The monoisotopic (exact) mass is 230 g/mol. The van der Waals surface area contributed by atoms with Gasteiger partial charge in [-0.15, -0.1) is 0 Å². The zero-order valence-electron chi connectivity index (χ0n) is 8.14. The van der Waals surface area contributed by atoms with Crippen molar-refractivity contribution >= 4 is 10.9 Å². The van der Waals surface area contributed by atoms with Crippen LogP contribution in [0.2, 0.25) is 0 Å². The van der Waals surface area contributed by atoms with E-state index in [4.69, 9.17) is 5.90 Å². The number of benzene rings is 1. The van der Waals surface area contributed by atoms with E-state index >= 15 is 0 Å². The van der Waals surface area contributed by atoms with Gasteiger partial charge in [-0.3, -0.25) is 4.84 Å². The summed E-state index contributed by atoms with van der Waals surface area (Å²) in [4.78, 5) is 7.20. The van der Waals surface area contributed by atoms with Crippen LogP contribution in [-0.2, 0) is 17.6 Å². The Morgan fingerprint density at radius 3 is 2.69 bits per heavy atom. The van der Waals surface area contributed by atoms with Crippen LogP contribution in [0.4, 0.5) is 13.2 Å². The molecule has 1 aromatic carbocycles. The standard InChI is InChI=1S/C10H9F3N2O/c11-10(12,13)7-1-2-8-6(5-16-14)4-15-9(8)3-7/h1-4,15H,5,14H2. The predicted octanol–water partition coefficient (Wildman–Crippen LogP) is 2.58. The molecular formula is C10H9F3N2O. The van der Waals surface area contributed by atoms with Crippen molar-refractivity contribution in [2.45, 2.75) is 12.8 Å². The molecule has 1 aromatic heterocycles. The van der Waals surface area contributed by atoms with Gasteiger partial charge in [0.15, 0.2) is 0 Å². The summed E-state index contributed by atoms with van der Waals surface area (Å²) in [5, 5.41) is 0.679. The summed E-state index contributed by atoms with van der Waals surface area (Å²) in [6.45, 7) is 0.158. The molecule has 0 aliphatic heterocycles. The van der Waals surface area contributed by atoms with Crippen LogP contribution in [0.15, 0.2) is 24.4 Å². The van der Waals surface area contributed by atoms with Gasteiger partial charge in [0, 0.05) is 22.7 Å². The number of alkyl halides is 3. The molecule has 0 fully saturated rings. The third kappa shape index (κ3) is 1.89. The van der Waals surface area contributed by atoms with Crippen molar-refractivity contribution in [2.24, 2.45) is 5.90 Å². The van der Waals surface area contributed by atoms with Gasteiger partial charge in [0.1, 0.15) is 0 Å². The number of aromatic nitrogens is 1. The Morgan fingerprint density at radius 2 is 2.06 bits per heavy atom. The Kier molecular flexibility index (Phi) is 2.61. The van der Waals surface area contributed by atoms with Gasteiger partial charge < -0.3 is 4.98 Å². The highest BCUT2D eigenvalue weighted by Gasteiger charge is 2.30. The molecule has 0 saturated heterocycles. The minimum atomic E-state index is -4.33. The SMILES string of the molecule is NOCc1c[nH]c2cc(C(F)(F)F)ccc12. The molecule has 0 atom stereocenters. The van der Waals surface area contributed by atoms with Crippen LogP contribution in [0.5, 0.6) is 0 Å². The molecule has 3 N–H and O–H groups in total. The first-order chi connectivity index (χ1) is 7.52. The second-order valence-electron chi connectivity index (χ2n) is 3.38. The average molecular weight is 230 g/mol. The molecule has 1 heterocycles. The number of aromatic amines is 1. The van der Waals surface area contributed by atoms with Gasteiger partial charge in [-0.2, -0.15) is 13.2 Å². The number of halogens is 3. The van der Waals surface area contributed by atoms with Crippen LogP contribution in [0.1, 0.15) is 11.1 Å². The van der Waals surface area contributed by atoms with Crippen molar-refractivity contribution in [1.29, 1.82) is 0 Å². The molecule has 2 rings (SSSR count). The summed E-state index contributed by atoms with van der Waals surface area (Å²) in [5.74, 6) is 4.92. The molecule has 86 valence electrons. The van der Waals surface area contributed by atoms with E-state index in [1.54, 1.807) is 6.20 Å². The van der Waals surface area contributed by atoms with Crippen LogP contribution in [0.3, 0.4) is 0 Å². The van der Waals surface area contributed by atoms with Gasteiger partial charge in [0.05, 0.1) is 12.2 Å². The smallest absolute Gasteiger partial charge is 0.361 e. The molecule has 0 amide bonds. The molecule has 0 radical (unpaired) electrons.